The predicted octanol–water partition coefficient (Wildman–Crippen LogP) is 3.08. The van der Waals surface area contributed by atoms with Gasteiger partial charge in [0.25, 0.3) is 5.56 Å². The Kier molecular flexibility index (Phi) is 7.09. The summed E-state index contributed by atoms with van der Waals surface area (Å²) in [6.45, 7) is 11.8. The van der Waals surface area contributed by atoms with Gasteiger partial charge in [-0.15, -0.1) is 0 Å². The second-order valence-corrected chi connectivity index (χ2v) is 7.77. The topological polar surface area (TPSA) is 67.4 Å². The molecule has 2 N–H and O–H groups in total. The molecule has 156 valence electrons. The van der Waals surface area contributed by atoms with E-state index in [1.165, 1.54) is 15.9 Å². The molecule has 0 bridgehead atoms. The summed E-state index contributed by atoms with van der Waals surface area (Å²) in [5, 5.41) is 4.47. The summed E-state index contributed by atoms with van der Waals surface area (Å²) in [6, 6.07) is 8.75. The van der Waals surface area contributed by atoms with E-state index in [0.29, 0.717) is 12.2 Å². The average molecular weight is 396 g/mol. The van der Waals surface area contributed by atoms with Gasteiger partial charge in [-0.05, 0) is 38.8 Å². The van der Waals surface area contributed by atoms with Gasteiger partial charge < -0.3 is 10.6 Å². The monoisotopic (exact) mass is 395 g/mol. The molecule has 0 spiro atoms. The molecule has 0 atom stereocenters. The van der Waals surface area contributed by atoms with E-state index in [-0.39, 0.29) is 5.56 Å². The standard InChI is InChI=1S/C23H33N5O/c1-4-5-7-21-19(3)25-28(23(29)22(21)24)13-6-12-26-14-16-27(17-15-26)20-10-8-18(2)9-11-20/h5,7-11H,4,6,12-17,24H2,1-3H3/b7-5+. The normalized spacial score (nSPS) is 15.3. The predicted molar refractivity (Wildman–Crippen MR) is 121 cm³/mol. The van der Waals surface area contributed by atoms with Gasteiger partial charge in [-0.3, -0.25) is 9.69 Å². The number of anilines is 2. The number of aryl methyl sites for hydroxylation is 3. The molecule has 1 saturated heterocycles. The van der Waals surface area contributed by atoms with E-state index < -0.39 is 0 Å². The lowest BCUT2D eigenvalue weighted by molar-refractivity contribution is 0.248. The molecule has 0 aliphatic carbocycles. The van der Waals surface area contributed by atoms with Crippen molar-refractivity contribution in [2.24, 2.45) is 0 Å². The fourth-order valence-corrected chi connectivity index (χ4v) is 3.76. The Labute approximate surface area is 173 Å². The minimum Gasteiger partial charge on any atom is -0.394 e. The number of nitrogens with two attached hydrogens (primary N) is 1. The van der Waals surface area contributed by atoms with Gasteiger partial charge in [0.2, 0.25) is 0 Å². The highest BCUT2D eigenvalue weighted by molar-refractivity contribution is 5.64. The van der Waals surface area contributed by atoms with Crippen LogP contribution in [0.4, 0.5) is 11.4 Å². The van der Waals surface area contributed by atoms with E-state index in [4.69, 9.17) is 5.73 Å². The van der Waals surface area contributed by atoms with Crippen LogP contribution in [0.25, 0.3) is 6.08 Å². The van der Waals surface area contributed by atoms with Crippen LogP contribution in [0.1, 0.15) is 36.6 Å². The fraction of sp³-hybridized carbons (Fsp3) is 0.478. The first-order valence-electron chi connectivity index (χ1n) is 10.6. The van der Waals surface area contributed by atoms with Crippen LogP contribution in [0.3, 0.4) is 0 Å². The van der Waals surface area contributed by atoms with Gasteiger partial charge in [-0.1, -0.05) is 36.8 Å². The van der Waals surface area contributed by atoms with E-state index in [1.54, 1.807) is 0 Å². The summed E-state index contributed by atoms with van der Waals surface area (Å²) >= 11 is 0. The van der Waals surface area contributed by atoms with Crippen molar-refractivity contribution in [3.8, 4) is 0 Å². The molecule has 6 heteroatoms. The number of nitrogens with zero attached hydrogens (tertiary/aromatic N) is 4. The molecule has 6 nitrogen and oxygen atoms in total. The molecule has 1 fully saturated rings. The quantitative estimate of drug-likeness (QED) is 0.780. The first kappa shape index (κ1) is 21.1. The molecule has 1 aromatic heterocycles. The Morgan fingerprint density at radius 2 is 1.76 bits per heavy atom. The van der Waals surface area contributed by atoms with Crippen molar-refractivity contribution in [1.29, 1.82) is 0 Å². The van der Waals surface area contributed by atoms with E-state index in [0.717, 1.165) is 56.8 Å². The molecule has 1 aromatic carbocycles. The molecule has 2 aromatic rings. The van der Waals surface area contributed by atoms with Crippen LogP contribution in [-0.4, -0.2) is 47.4 Å². The highest BCUT2D eigenvalue weighted by Crippen LogP contribution is 2.17. The Bertz CT molecular complexity index is 893. The molecule has 3 rings (SSSR count). The number of piperazine rings is 1. The summed E-state index contributed by atoms with van der Waals surface area (Å²) in [5.41, 5.74) is 10.3. The third-order valence-corrected chi connectivity index (χ3v) is 5.55. The van der Waals surface area contributed by atoms with Crippen LogP contribution >= 0.6 is 0 Å². The maximum atomic E-state index is 12.5. The molecule has 0 amide bonds. The zero-order valence-corrected chi connectivity index (χ0v) is 17.9. The lowest BCUT2D eigenvalue weighted by Gasteiger charge is -2.36. The molecule has 2 heterocycles. The summed E-state index contributed by atoms with van der Waals surface area (Å²) in [5.74, 6) is 0. The number of benzene rings is 1. The first-order chi connectivity index (χ1) is 14.0. The van der Waals surface area contributed by atoms with Crippen LogP contribution in [0.15, 0.2) is 35.1 Å². The summed E-state index contributed by atoms with van der Waals surface area (Å²) in [6.07, 6.45) is 5.69. The molecule has 29 heavy (non-hydrogen) atoms. The van der Waals surface area contributed by atoms with Crippen LogP contribution in [0, 0.1) is 13.8 Å². The summed E-state index contributed by atoms with van der Waals surface area (Å²) in [7, 11) is 0. The second-order valence-electron chi connectivity index (χ2n) is 7.77. The third-order valence-electron chi connectivity index (χ3n) is 5.55. The molecule has 1 aliphatic rings. The third kappa shape index (κ3) is 5.26. The lowest BCUT2D eigenvalue weighted by atomic mass is 10.1. The average Bonchev–Trinajstić information content (AvgIpc) is 2.73. The van der Waals surface area contributed by atoms with Crippen LogP contribution < -0.4 is 16.2 Å². The minimum absolute atomic E-state index is 0.185. The number of aromatic nitrogens is 2. The van der Waals surface area contributed by atoms with Crippen LogP contribution in [0.2, 0.25) is 0 Å². The van der Waals surface area contributed by atoms with Gasteiger partial charge in [-0.25, -0.2) is 4.68 Å². The van der Waals surface area contributed by atoms with Gasteiger partial charge >= 0.3 is 0 Å². The number of rotatable bonds is 7. The van der Waals surface area contributed by atoms with E-state index >= 15 is 0 Å². The van der Waals surface area contributed by atoms with Crippen molar-refractivity contribution in [1.82, 2.24) is 14.7 Å². The zero-order chi connectivity index (χ0) is 20.8. The molecule has 0 radical (unpaired) electrons. The summed E-state index contributed by atoms with van der Waals surface area (Å²) < 4.78 is 1.52. The van der Waals surface area contributed by atoms with Gasteiger partial charge in [0.05, 0.1) is 5.69 Å². The summed E-state index contributed by atoms with van der Waals surface area (Å²) in [4.78, 5) is 17.4. The maximum Gasteiger partial charge on any atom is 0.290 e. The Morgan fingerprint density at radius 1 is 1.07 bits per heavy atom. The van der Waals surface area contributed by atoms with Crippen LogP contribution in [0.5, 0.6) is 0 Å². The second kappa shape index (κ2) is 9.74. The van der Waals surface area contributed by atoms with Gasteiger partial charge in [0.1, 0.15) is 5.69 Å². The Hall–Kier alpha value is -2.60. The van der Waals surface area contributed by atoms with Gasteiger partial charge in [-0.2, -0.15) is 5.10 Å². The van der Waals surface area contributed by atoms with E-state index in [9.17, 15) is 4.79 Å². The van der Waals surface area contributed by atoms with Crippen molar-refractivity contribution in [3.05, 3.63) is 57.5 Å². The van der Waals surface area contributed by atoms with Crippen molar-refractivity contribution < 1.29 is 0 Å². The maximum absolute atomic E-state index is 12.5. The SMILES string of the molecule is CC/C=C/c1c(C)nn(CCCN2CCN(c3ccc(C)cc3)CC2)c(=O)c1N. The molecule has 0 unspecified atom stereocenters. The molecular weight excluding hydrogens is 362 g/mol. The number of allylic oxidation sites excluding steroid dienone is 1. The first-order valence-corrected chi connectivity index (χ1v) is 10.6. The van der Waals surface area contributed by atoms with Crippen molar-refractivity contribution in [3.63, 3.8) is 0 Å². The van der Waals surface area contributed by atoms with Gasteiger partial charge in [0.15, 0.2) is 0 Å². The number of hydrogen-bond acceptors (Lipinski definition) is 5. The smallest absolute Gasteiger partial charge is 0.290 e. The molecule has 0 saturated carbocycles. The number of hydrogen-bond donors (Lipinski definition) is 1. The highest BCUT2D eigenvalue weighted by Gasteiger charge is 2.17. The zero-order valence-electron chi connectivity index (χ0n) is 17.9. The lowest BCUT2D eigenvalue weighted by Crippen LogP contribution is -2.46. The van der Waals surface area contributed by atoms with E-state index in [1.807, 2.05) is 19.1 Å². The van der Waals surface area contributed by atoms with Gasteiger partial charge in [0, 0.05) is 50.5 Å². The van der Waals surface area contributed by atoms with Crippen molar-refractivity contribution >= 4 is 17.5 Å². The largest absolute Gasteiger partial charge is 0.394 e. The highest BCUT2D eigenvalue weighted by atomic mass is 16.1. The molecular formula is C23H33N5O. The van der Waals surface area contributed by atoms with Crippen LogP contribution in [-0.2, 0) is 6.54 Å². The van der Waals surface area contributed by atoms with Crippen molar-refractivity contribution in [2.45, 2.75) is 40.2 Å². The molecule has 1 aliphatic heterocycles. The van der Waals surface area contributed by atoms with E-state index in [2.05, 4.69) is 53.0 Å². The minimum atomic E-state index is -0.185. The number of nitrogen functional groups attached to an aromatic ring is 1. The Balaban J connectivity index is 1.51. The van der Waals surface area contributed by atoms with Crippen molar-refractivity contribution in [2.75, 3.05) is 43.4 Å². The fourth-order valence-electron chi connectivity index (χ4n) is 3.76. The Morgan fingerprint density at radius 3 is 2.41 bits per heavy atom.